The molecule has 1 aromatic heterocycles. The van der Waals surface area contributed by atoms with Crippen LogP contribution >= 0.6 is 11.8 Å². The van der Waals surface area contributed by atoms with Crippen molar-refractivity contribution in [1.82, 2.24) is 15.5 Å². The van der Waals surface area contributed by atoms with Crippen molar-refractivity contribution in [3.05, 3.63) is 59.7 Å². The van der Waals surface area contributed by atoms with Gasteiger partial charge in [-0.15, -0.1) is 10.2 Å². The quantitative estimate of drug-likeness (QED) is 0.625. The Hall–Kier alpha value is -2.80. The molecule has 0 aliphatic rings. The van der Waals surface area contributed by atoms with Crippen LogP contribution in [0, 0.1) is 6.92 Å². The van der Waals surface area contributed by atoms with Crippen LogP contribution in [-0.4, -0.2) is 28.5 Å². The summed E-state index contributed by atoms with van der Waals surface area (Å²) in [6, 6.07) is 15.4. The molecule has 0 aliphatic heterocycles. The highest BCUT2D eigenvalue weighted by molar-refractivity contribution is 8.00. The lowest BCUT2D eigenvalue weighted by Crippen LogP contribution is -2.30. The summed E-state index contributed by atoms with van der Waals surface area (Å²) in [5.41, 5.74) is 3.02. The molecule has 1 N–H and O–H groups in total. The van der Waals surface area contributed by atoms with E-state index >= 15 is 0 Å². The summed E-state index contributed by atoms with van der Waals surface area (Å²) in [6.07, 6.45) is 0. The number of benzene rings is 2. The first-order chi connectivity index (χ1) is 13.0. The lowest BCUT2D eigenvalue weighted by Gasteiger charge is -2.10. The van der Waals surface area contributed by atoms with E-state index in [4.69, 9.17) is 9.15 Å². The Morgan fingerprint density at radius 2 is 1.85 bits per heavy atom. The van der Waals surface area contributed by atoms with Gasteiger partial charge in [0.25, 0.3) is 5.22 Å². The first-order valence-corrected chi connectivity index (χ1v) is 9.41. The van der Waals surface area contributed by atoms with Crippen molar-refractivity contribution in [2.75, 3.05) is 7.11 Å². The molecule has 7 heteroatoms. The molecule has 0 radical (unpaired) electrons. The predicted molar refractivity (Wildman–Crippen MR) is 105 cm³/mol. The van der Waals surface area contributed by atoms with Crippen LogP contribution in [0.2, 0.25) is 0 Å². The second kappa shape index (κ2) is 8.73. The number of aromatic nitrogens is 2. The number of ether oxygens (including phenoxy) is 1. The summed E-state index contributed by atoms with van der Waals surface area (Å²) in [5, 5.41) is 11.0. The largest absolute Gasteiger partial charge is 0.497 e. The van der Waals surface area contributed by atoms with Crippen molar-refractivity contribution in [3.8, 4) is 17.2 Å². The topological polar surface area (TPSA) is 77.2 Å². The number of rotatable bonds is 7. The third-order valence-electron chi connectivity index (χ3n) is 3.98. The van der Waals surface area contributed by atoms with E-state index in [1.165, 1.54) is 11.8 Å². The highest BCUT2D eigenvalue weighted by atomic mass is 32.2. The molecule has 0 unspecified atom stereocenters. The van der Waals surface area contributed by atoms with Crippen LogP contribution in [0.15, 0.2) is 58.2 Å². The SMILES string of the molecule is COc1ccc(CNC(=O)[C@@H](C)Sc2nnc(-c3ccc(C)cc3)o2)cc1. The van der Waals surface area contributed by atoms with Crippen LogP contribution in [-0.2, 0) is 11.3 Å². The zero-order valence-corrected chi connectivity index (χ0v) is 16.2. The lowest BCUT2D eigenvalue weighted by atomic mass is 10.1. The number of hydrogen-bond acceptors (Lipinski definition) is 6. The van der Waals surface area contributed by atoms with Crippen molar-refractivity contribution < 1.29 is 13.9 Å². The molecule has 1 amide bonds. The molecular weight excluding hydrogens is 362 g/mol. The summed E-state index contributed by atoms with van der Waals surface area (Å²) < 4.78 is 10.8. The Morgan fingerprint density at radius 3 is 2.52 bits per heavy atom. The van der Waals surface area contributed by atoms with E-state index in [-0.39, 0.29) is 11.2 Å². The molecule has 1 heterocycles. The Balaban J connectivity index is 1.54. The van der Waals surface area contributed by atoms with Gasteiger partial charge in [0.1, 0.15) is 5.75 Å². The van der Waals surface area contributed by atoms with E-state index in [1.54, 1.807) is 7.11 Å². The van der Waals surface area contributed by atoms with Gasteiger partial charge in [0.15, 0.2) is 0 Å². The van der Waals surface area contributed by atoms with Crippen LogP contribution in [0.5, 0.6) is 5.75 Å². The lowest BCUT2D eigenvalue weighted by molar-refractivity contribution is -0.120. The van der Waals surface area contributed by atoms with Gasteiger partial charge in [-0.1, -0.05) is 41.6 Å². The molecule has 3 rings (SSSR count). The number of carbonyl (C=O) groups is 1. The second-order valence-electron chi connectivity index (χ2n) is 6.07. The smallest absolute Gasteiger partial charge is 0.277 e. The normalized spacial score (nSPS) is 11.8. The van der Waals surface area contributed by atoms with Crippen LogP contribution < -0.4 is 10.1 Å². The summed E-state index contributed by atoms with van der Waals surface area (Å²) in [6.45, 7) is 4.28. The third-order valence-corrected chi connectivity index (χ3v) is 4.91. The number of nitrogens with zero attached hydrogens (tertiary/aromatic N) is 2. The van der Waals surface area contributed by atoms with E-state index in [2.05, 4.69) is 15.5 Å². The Bertz CT molecular complexity index is 892. The maximum Gasteiger partial charge on any atom is 0.277 e. The highest BCUT2D eigenvalue weighted by Gasteiger charge is 2.18. The maximum absolute atomic E-state index is 12.3. The molecule has 0 spiro atoms. The zero-order valence-electron chi connectivity index (χ0n) is 15.4. The van der Waals surface area contributed by atoms with E-state index in [0.717, 1.165) is 22.4 Å². The average molecular weight is 383 g/mol. The van der Waals surface area contributed by atoms with Crippen molar-refractivity contribution in [1.29, 1.82) is 0 Å². The zero-order chi connectivity index (χ0) is 19.2. The van der Waals surface area contributed by atoms with E-state index in [0.29, 0.717) is 17.7 Å². The van der Waals surface area contributed by atoms with Gasteiger partial charge < -0.3 is 14.5 Å². The molecule has 140 valence electrons. The number of thioether (sulfide) groups is 1. The van der Waals surface area contributed by atoms with Gasteiger partial charge in [-0.05, 0) is 43.7 Å². The standard InChI is InChI=1S/C20H21N3O3S/c1-13-4-8-16(9-5-13)19-22-23-20(26-19)27-14(2)18(24)21-12-15-6-10-17(25-3)11-7-15/h4-11,14H,12H2,1-3H3,(H,21,24)/t14-/m1/s1. The molecule has 2 aromatic carbocycles. The monoisotopic (exact) mass is 383 g/mol. The van der Waals surface area contributed by atoms with Crippen LogP contribution in [0.1, 0.15) is 18.1 Å². The Morgan fingerprint density at radius 1 is 1.15 bits per heavy atom. The molecule has 1 atom stereocenters. The Kier molecular flexibility index (Phi) is 6.13. The molecule has 0 bridgehead atoms. The molecule has 0 aliphatic carbocycles. The molecule has 0 saturated carbocycles. The van der Waals surface area contributed by atoms with Crippen molar-refractivity contribution in [2.24, 2.45) is 0 Å². The number of nitrogens with one attached hydrogen (secondary N) is 1. The first kappa shape index (κ1) is 19.0. The molecular formula is C20H21N3O3S. The fourth-order valence-electron chi connectivity index (χ4n) is 2.35. The van der Waals surface area contributed by atoms with Crippen molar-refractivity contribution >= 4 is 17.7 Å². The molecule has 0 saturated heterocycles. The summed E-state index contributed by atoms with van der Waals surface area (Å²) in [7, 11) is 1.62. The van der Waals surface area contributed by atoms with E-state index in [9.17, 15) is 4.79 Å². The minimum absolute atomic E-state index is 0.0918. The van der Waals surface area contributed by atoms with Crippen molar-refractivity contribution in [2.45, 2.75) is 30.9 Å². The maximum atomic E-state index is 12.3. The van der Waals surface area contributed by atoms with Crippen LogP contribution in [0.3, 0.4) is 0 Å². The number of methoxy groups -OCH3 is 1. The van der Waals surface area contributed by atoms with Gasteiger partial charge >= 0.3 is 0 Å². The van der Waals surface area contributed by atoms with E-state index < -0.39 is 0 Å². The van der Waals surface area contributed by atoms with E-state index in [1.807, 2.05) is 62.4 Å². The number of carbonyl (C=O) groups excluding carboxylic acids is 1. The number of amides is 1. The van der Waals surface area contributed by atoms with Gasteiger partial charge in [-0.25, -0.2) is 0 Å². The second-order valence-corrected chi connectivity index (χ2v) is 7.36. The average Bonchev–Trinajstić information content (AvgIpc) is 3.15. The van der Waals surface area contributed by atoms with Gasteiger partial charge in [0.05, 0.1) is 12.4 Å². The van der Waals surface area contributed by atoms with Gasteiger partial charge in [-0.2, -0.15) is 0 Å². The molecule has 3 aromatic rings. The van der Waals surface area contributed by atoms with Crippen LogP contribution in [0.25, 0.3) is 11.5 Å². The fourth-order valence-corrected chi connectivity index (χ4v) is 3.06. The van der Waals surface area contributed by atoms with Crippen LogP contribution in [0.4, 0.5) is 0 Å². The first-order valence-electron chi connectivity index (χ1n) is 8.53. The number of hydrogen-bond donors (Lipinski definition) is 1. The fraction of sp³-hybridized carbons (Fsp3) is 0.250. The summed E-state index contributed by atoms with van der Waals surface area (Å²) in [4.78, 5) is 12.3. The van der Waals surface area contributed by atoms with Gasteiger partial charge in [0, 0.05) is 12.1 Å². The predicted octanol–water partition coefficient (Wildman–Crippen LogP) is 3.85. The third kappa shape index (κ3) is 5.10. The minimum atomic E-state index is -0.352. The highest BCUT2D eigenvalue weighted by Crippen LogP contribution is 2.26. The van der Waals surface area contributed by atoms with Gasteiger partial charge in [0.2, 0.25) is 11.8 Å². The Labute approximate surface area is 162 Å². The van der Waals surface area contributed by atoms with Gasteiger partial charge in [-0.3, -0.25) is 4.79 Å². The van der Waals surface area contributed by atoms with Crippen molar-refractivity contribution in [3.63, 3.8) is 0 Å². The molecule has 0 fully saturated rings. The number of aryl methyl sites for hydroxylation is 1. The summed E-state index contributed by atoms with van der Waals surface area (Å²) >= 11 is 1.24. The molecule has 27 heavy (non-hydrogen) atoms. The summed E-state index contributed by atoms with van der Waals surface area (Å²) in [5.74, 6) is 1.14. The minimum Gasteiger partial charge on any atom is -0.497 e. The molecule has 6 nitrogen and oxygen atoms in total.